The van der Waals surface area contributed by atoms with Crippen molar-refractivity contribution in [1.29, 1.82) is 0 Å². The summed E-state index contributed by atoms with van der Waals surface area (Å²) in [4.78, 5) is 26.4. The second kappa shape index (κ2) is 7.87. The number of rotatable bonds is 8. The Labute approximate surface area is 148 Å². The van der Waals surface area contributed by atoms with Gasteiger partial charge in [0.1, 0.15) is 5.75 Å². The van der Waals surface area contributed by atoms with Crippen LogP contribution in [0.25, 0.3) is 0 Å². The topological polar surface area (TPSA) is 70.7 Å². The molecular formula is C19H27N3O3. The molecule has 1 aliphatic carbocycles. The predicted molar refractivity (Wildman–Crippen MR) is 95.3 cm³/mol. The van der Waals surface area contributed by atoms with Crippen molar-refractivity contribution in [3.05, 3.63) is 30.3 Å². The summed E-state index contributed by atoms with van der Waals surface area (Å²) in [5.41, 5.74) is 0.0464. The van der Waals surface area contributed by atoms with Crippen LogP contribution in [0.1, 0.15) is 26.2 Å². The van der Waals surface area contributed by atoms with E-state index >= 15 is 0 Å². The molecule has 1 saturated heterocycles. The standard InChI is InChI=1S/C19H27N3O3/c1-2-22-11-10-20-18(24)16(22)12-17(23)21-13-19(8-9-19)14-25-15-6-4-3-5-7-15/h3-7,16H,2,8-14H2,1H3,(H,20,24)(H,21,23). The van der Waals surface area contributed by atoms with Gasteiger partial charge in [-0.25, -0.2) is 0 Å². The van der Waals surface area contributed by atoms with Crippen LogP contribution in [-0.4, -0.2) is 55.5 Å². The minimum absolute atomic E-state index is 0.0446. The summed E-state index contributed by atoms with van der Waals surface area (Å²) >= 11 is 0. The van der Waals surface area contributed by atoms with E-state index in [2.05, 4.69) is 15.5 Å². The fraction of sp³-hybridized carbons (Fsp3) is 0.579. The molecule has 1 unspecified atom stereocenters. The fourth-order valence-corrected chi connectivity index (χ4v) is 3.20. The molecule has 1 aromatic rings. The maximum absolute atomic E-state index is 12.3. The van der Waals surface area contributed by atoms with Crippen LogP contribution < -0.4 is 15.4 Å². The molecule has 2 amide bonds. The first kappa shape index (κ1) is 17.7. The van der Waals surface area contributed by atoms with Crippen molar-refractivity contribution in [2.45, 2.75) is 32.2 Å². The Kier molecular flexibility index (Phi) is 5.58. The minimum atomic E-state index is -0.352. The minimum Gasteiger partial charge on any atom is -0.493 e. The second-order valence-electron chi connectivity index (χ2n) is 7.02. The van der Waals surface area contributed by atoms with Crippen molar-refractivity contribution in [2.75, 3.05) is 32.8 Å². The summed E-state index contributed by atoms with van der Waals surface area (Å²) in [5, 5.41) is 5.85. The lowest BCUT2D eigenvalue weighted by atomic mass is 10.1. The number of ether oxygens (including phenoxy) is 1. The highest BCUT2D eigenvalue weighted by Crippen LogP contribution is 2.45. The van der Waals surface area contributed by atoms with Crippen molar-refractivity contribution >= 4 is 11.8 Å². The van der Waals surface area contributed by atoms with E-state index < -0.39 is 0 Å². The Balaban J connectivity index is 1.44. The molecule has 1 heterocycles. The number of nitrogens with zero attached hydrogens (tertiary/aromatic N) is 1. The van der Waals surface area contributed by atoms with Crippen LogP contribution >= 0.6 is 0 Å². The number of hydrogen-bond donors (Lipinski definition) is 2. The molecule has 1 saturated carbocycles. The normalized spacial score (nSPS) is 22.1. The molecule has 1 atom stereocenters. The molecule has 25 heavy (non-hydrogen) atoms. The van der Waals surface area contributed by atoms with Crippen LogP contribution in [-0.2, 0) is 9.59 Å². The molecule has 1 aliphatic heterocycles. The number of benzene rings is 1. The average molecular weight is 345 g/mol. The van der Waals surface area contributed by atoms with Crippen LogP contribution in [0.4, 0.5) is 0 Å². The van der Waals surface area contributed by atoms with Gasteiger partial charge in [-0.1, -0.05) is 25.1 Å². The van der Waals surface area contributed by atoms with Gasteiger partial charge in [0.2, 0.25) is 11.8 Å². The SMILES string of the molecule is CCN1CCNC(=O)C1CC(=O)NCC1(COc2ccccc2)CC1. The Hall–Kier alpha value is -2.08. The van der Waals surface area contributed by atoms with Gasteiger partial charge in [-0.2, -0.15) is 0 Å². The van der Waals surface area contributed by atoms with Gasteiger partial charge in [-0.05, 0) is 31.5 Å². The first-order valence-corrected chi connectivity index (χ1v) is 9.08. The summed E-state index contributed by atoms with van der Waals surface area (Å²) in [6.45, 7) is 5.48. The molecular weight excluding hydrogens is 318 g/mol. The Morgan fingerprint density at radius 2 is 2.12 bits per heavy atom. The maximum Gasteiger partial charge on any atom is 0.237 e. The van der Waals surface area contributed by atoms with E-state index in [1.165, 1.54) is 0 Å². The van der Waals surface area contributed by atoms with Crippen LogP contribution in [0.5, 0.6) is 5.75 Å². The highest BCUT2D eigenvalue weighted by atomic mass is 16.5. The molecule has 0 spiro atoms. The fourth-order valence-electron chi connectivity index (χ4n) is 3.20. The van der Waals surface area contributed by atoms with Crippen molar-refractivity contribution in [2.24, 2.45) is 5.41 Å². The molecule has 2 N–H and O–H groups in total. The van der Waals surface area contributed by atoms with Crippen molar-refractivity contribution in [3.63, 3.8) is 0 Å². The van der Waals surface area contributed by atoms with Crippen LogP contribution in [0, 0.1) is 5.41 Å². The van der Waals surface area contributed by atoms with Gasteiger partial charge in [0.25, 0.3) is 0 Å². The van der Waals surface area contributed by atoms with Gasteiger partial charge in [-0.3, -0.25) is 14.5 Å². The summed E-state index contributed by atoms with van der Waals surface area (Å²) < 4.78 is 5.84. The van der Waals surface area contributed by atoms with Gasteiger partial charge in [-0.15, -0.1) is 0 Å². The first-order chi connectivity index (χ1) is 12.1. The number of amides is 2. The van der Waals surface area contributed by atoms with E-state index in [0.29, 0.717) is 19.7 Å². The van der Waals surface area contributed by atoms with E-state index in [1.807, 2.05) is 37.3 Å². The third-order valence-electron chi connectivity index (χ3n) is 5.13. The van der Waals surface area contributed by atoms with Crippen LogP contribution in [0.2, 0.25) is 0 Å². The van der Waals surface area contributed by atoms with E-state index in [0.717, 1.165) is 31.7 Å². The zero-order chi connectivity index (χ0) is 17.7. The Morgan fingerprint density at radius 1 is 1.36 bits per heavy atom. The quantitative estimate of drug-likeness (QED) is 0.742. The lowest BCUT2D eigenvalue weighted by Gasteiger charge is -2.33. The number of carbonyl (C=O) groups is 2. The van der Waals surface area contributed by atoms with E-state index in [-0.39, 0.29) is 29.7 Å². The van der Waals surface area contributed by atoms with E-state index in [4.69, 9.17) is 4.74 Å². The van der Waals surface area contributed by atoms with Crippen molar-refractivity contribution < 1.29 is 14.3 Å². The van der Waals surface area contributed by atoms with E-state index in [1.54, 1.807) is 0 Å². The van der Waals surface area contributed by atoms with Crippen molar-refractivity contribution in [3.8, 4) is 5.75 Å². The highest BCUT2D eigenvalue weighted by molar-refractivity contribution is 5.88. The lowest BCUT2D eigenvalue weighted by Crippen LogP contribution is -2.56. The molecule has 0 aromatic heterocycles. The zero-order valence-corrected chi connectivity index (χ0v) is 14.8. The number of likely N-dealkylation sites (N-methyl/N-ethyl adjacent to an activating group) is 1. The smallest absolute Gasteiger partial charge is 0.237 e. The Bertz CT molecular complexity index is 601. The van der Waals surface area contributed by atoms with Gasteiger partial charge < -0.3 is 15.4 Å². The molecule has 6 nitrogen and oxygen atoms in total. The summed E-state index contributed by atoms with van der Waals surface area (Å²) in [6, 6.07) is 9.39. The van der Waals surface area contributed by atoms with Gasteiger partial charge in [0, 0.05) is 25.0 Å². The zero-order valence-electron chi connectivity index (χ0n) is 14.8. The number of para-hydroxylation sites is 1. The second-order valence-corrected chi connectivity index (χ2v) is 7.02. The molecule has 6 heteroatoms. The third-order valence-corrected chi connectivity index (χ3v) is 5.13. The van der Waals surface area contributed by atoms with E-state index in [9.17, 15) is 9.59 Å². The first-order valence-electron chi connectivity index (χ1n) is 9.08. The largest absolute Gasteiger partial charge is 0.493 e. The van der Waals surface area contributed by atoms with Gasteiger partial charge >= 0.3 is 0 Å². The van der Waals surface area contributed by atoms with Crippen LogP contribution in [0.15, 0.2) is 30.3 Å². The average Bonchev–Trinajstić information content (AvgIpc) is 3.41. The summed E-state index contributed by atoms with van der Waals surface area (Å²) in [7, 11) is 0. The summed E-state index contributed by atoms with van der Waals surface area (Å²) in [5.74, 6) is 0.751. The predicted octanol–water partition coefficient (Wildman–Crippen LogP) is 1.17. The number of nitrogens with one attached hydrogen (secondary N) is 2. The van der Waals surface area contributed by atoms with Crippen LogP contribution in [0.3, 0.4) is 0 Å². The molecule has 0 radical (unpaired) electrons. The molecule has 3 rings (SSSR count). The lowest BCUT2D eigenvalue weighted by molar-refractivity contribution is -0.133. The number of carbonyl (C=O) groups excluding carboxylic acids is 2. The van der Waals surface area contributed by atoms with Gasteiger partial charge in [0.15, 0.2) is 0 Å². The molecule has 0 bridgehead atoms. The molecule has 2 fully saturated rings. The van der Waals surface area contributed by atoms with Crippen molar-refractivity contribution in [1.82, 2.24) is 15.5 Å². The molecule has 1 aromatic carbocycles. The Morgan fingerprint density at radius 3 is 2.80 bits per heavy atom. The van der Waals surface area contributed by atoms with Gasteiger partial charge in [0.05, 0.1) is 19.1 Å². The maximum atomic E-state index is 12.3. The molecule has 2 aliphatic rings. The summed E-state index contributed by atoms with van der Waals surface area (Å²) in [6.07, 6.45) is 2.34. The molecule has 136 valence electrons. The number of piperazine rings is 1. The third kappa shape index (κ3) is 4.72. The monoisotopic (exact) mass is 345 g/mol. The number of hydrogen-bond acceptors (Lipinski definition) is 4. The highest BCUT2D eigenvalue weighted by Gasteiger charge is 2.44.